The van der Waals surface area contributed by atoms with Crippen LogP contribution in [-0.4, -0.2) is 24.1 Å². The summed E-state index contributed by atoms with van der Waals surface area (Å²) in [6.07, 6.45) is 0. The fourth-order valence-electron chi connectivity index (χ4n) is 3.45. The van der Waals surface area contributed by atoms with Gasteiger partial charge in [0.1, 0.15) is 0 Å². The van der Waals surface area contributed by atoms with Gasteiger partial charge in [-0.1, -0.05) is 35.9 Å². The van der Waals surface area contributed by atoms with Gasteiger partial charge in [-0.2, -0.15) is 5.10 Å². The van der Waals surface area contributed by atoms with Crippen molar-refractivity contribution in [2.75, 3.05) is 10.0 Å². The number of carbonyl (C=O) groups is 1. The zero-order valence-electron chi connectivity index (χ0n) is 18.5. The molecule has 0 unspecified atom stereocenters. The maximum Gasteiger partial charge on any atom is 0.261 e. The molecule has 1 amide bonds. The smallest absolute Gasteiger partial charge is 0.261 e. The summed E-state index contributed by atoms with van der Waals surface area (Å²) < 4.78 is 29.5. The lowest BCUT2D eigenvalue weighted by molar-refractivity contribution is 0.102. The zero-order chi connectivity index (χ0) is 23.6. The van der Waals surface area contributed by atoms with Gasteiger partial charge in [-0.3, -0.25) is 9.52 Å². The molecule has 1 heterocycles. The van der Waals surface area contributed by atoms with Crippen molar-refractivity contribution in [3.8, 4) is 5.69 Å². The van der Waals surface area contributed by atoms with Crippen molar-refractivity contribution in [2.24, 2.45) is 0 Å². The molecule has 0 spiro atoms. The van der Waals surface area contributed by atoms with Crippen molar-refractivity contribution in [3.63, 3.8) is 0 Å². The second-order valence-corrected chi connectivity index (χ2v) is 9.43. The van der Waals surface area contributed by atoms with Crippen molar-refractivity contribution in [2.45, 2.75) is 25.7 Å². The molecule has 0 aliphatic rings. The molecule has 0 aliphatic carbocycles. The lowest BCUT2D eigenvalue weighted by Gasteiger charge is -2.10. The van der Waals surface area contributed by atoms with E-state index in [1.807, 2.05) is 51.1 Å². The molecule has 1 aromatic heterocycles. The number of nitrogens with one attached hydrogen (secondary N) is 2. The molecular formula is C25H24N4O3S. The van der Waals surface area contributed by atoms with Gasteiger partial charge in [-0.25, -0.2) is 13.1 Å². The van der Waals surface area contributed by atoms with Gasteiger partial charge in [0, 0.05) is 11.3 Å². The Bertz CT molecular complexity index is 1390. The summed E-state index contributed by atoms with van der Waals surface area (Å²) in [5, 5.41) is 7.46. The fraction of sp³-hybridized carbons (Fsp3) is 0.120. The molecule has 7 nitrogen and oxygen atoms in total. The zero-order valence-corrected chi connectivity index (χ0v) is 19.3. The number of hydrogen-bond acceptors (Lipinski definition) is 4. The Hall–Kier alpha value is -3.91. The van der Waals surface area contributed by atoms with E-state index in [0.29, 0.717) is 22.6 Å². The molecule has 2 N–H and O–H groups in total. The predicted octanol–water partition coefficient (Wildman–Crippen LogP) is 4.85. The molecule has 0 fully saturated rings. The van der Waals surface area contributed by atoms with Crippen molar-refractivity contribution in [3.05, 3.63) is 101 Å². The molecule has 168 valence electrons. The standard InChI is InChI=1S/C25H24N4O3S/c1-17-9-15-23(16-10-17)33(31,32)28-21-13-11-20(12-14-21)25(30)26-24-18(2)27-29(19(24)3)22-7-5-4-6-8-22/h4-16,28H,1-3H3,(H,26,30). The Labute approximate surface area is 193 Å². The normalized spacial score (nSPS) is 11.2. The van der Waals surface area contributed by atoms with Gasteiger partial charge in [0.25, 0.3) is 15.9 Å². The fourth-order valence-corrected chi connectivity index (χ4v) is 4.51. The van der Waals surface area contributed by atoms with Crippen molar-refractivity contribution < 1.29 is 13.2 Å². The minimum absolute atomic E-state index is 0.177. The highest BCUT2D eigenvalue weighted by Crippen LogP contribution is 2.24. The lowest BCUT2D eigenvalue weighted by Crippen LogP contribution is -2.15. The average molecular weight is 461 g/mol. The SMILES string of the molecule is Cc1ccc(S(=O)(=O)Nc2ccc(C(=O)Nc3c(C)nn(-c4ccccc4)c3C)cc2)cc1. The first kappa shape index (κ1) is 22.3. The summed E-state index contributed by atoms with van der Waals surface area (Å²) in [5.41, 5.74) is 4.82. The average Bonchev–Trinajstić information content (AvgIpc) is 3.08. The first-order valence-corrected chi connectivity index (χ1v) is 11.9. The maximum absolute atomic E-state index is 12.8. The Morgan fingerprint density at radius 2 is 1.48 bits per heavy atom. The molecule has 0 atom stereocenters. The van der Waals surface area contributed by atoms with Crippen LogP contribution in [0.3, 0.4) is 0 Å². The van der Waals surface area contributed by atoms with Gasteiger partial charge in [-0.05, 0) is 69.3 Å². The van der Waals surface area contributed by atoms with Gasteiger partial charge in [-0.15, -0.1) is 0 Å². The molecule has 4 rings (SSSR count). The van der Waals surface area contributed by atoms with E-state index in [4.69, 9.17) is 0 Å². The van der Waals surface area contributed by atoms with Gasteiger partial charge >= 0.3 is 0 Å². The third-order valence-electron chi connectivity index (χ3n) is 5.26. The summed E-state index contributed by atoms with van der Waals surface area (Å²) in [5.74, 6) is -0.304. The van der Waals surface area contributed by atoms with Crippen LogP contribution >= 0.6 is 0 Å². The largest absolute Gasteiger partial charge is 0.319 e. The van der Waals surface area contributed by atoms with Crippen LogP contribution in [-0.2, 0) is 10.0 Å². The number of carbonyl (C=O) groups excluding carboxylic acids is 1. The number of nitrogens with zero attached hydrogens (tertiary/aromatic N) is 2. The lowest BCUT2D eigenvalue weighted by atomic mass is 10.2. The number of anilines is 2. The number of hydrogen-bond donors (Lipinski definition) is 2. The number of amides is 1. The molecule has 8 heteroatoms. The highest BCUT2D eigenvalue weighted by molar-refractivity contribution is 7.92. The molecule has 0 bridgehead atoms. The molecule has 0 aliphatic heterocycles. The first-order valence-electron chi connectivity index (χ1n) is 10.4. The summed E-state index contributed by atoms with van der Waals surface area (Å²) >= 11 is 0. The van der Waals surface area contributed by atoms with Crippen molar-refractivity contribution >= 4 is 27.3 Å². The van der Waals surface area contributed by atoms with E-state index < -0.39 is 10.0 Å². The minimum atomic E-state index is -3.71. The molecule has 0 saturated carbocycles. The maximum atomic E-state index is 12.8. The number of sulfonamides is 1. The van der Waals surface area contributed by atoms with Gasteiger partial charge in [0.15, 0.2) is 0 Å². The highest BCUT2D eigenvalue weighted by Gasteiger charge is 2.17. The summed E-state index contributed by atoms with van der Waals surface area (Å²) in [6, 6.07) is 22.6. The summed E-state index contributed by atoms with van der Waals surface area (Å²) in [7, 11) is -3.71. The molecule has 0 saturated heterocycles. The molecular weight excluding hydrogens is 436 g/mol. The van der Waals surface area contributed by atoms with Crippen LogP contribution in [0.15, 0.2) is 83.8 Å². The summed E-state index contributed by atoms with van der Waals surface area (Å²) in [6.45, 7) is 5.62. The van der Waals surface area contributed by atoms with Gasteiger partial charge in [0.05, 0.1) is 27.7 Å². The van der Waals surface area contributed by atoms with Crippen molar-refractivity contribution in [1.82, 2.24) is 9.78 Å². The van der Waals surface area contributed by atoms with Crippen LogP contribution in [0.4, 0.5) is 11.4 Å². The molecule has 0 radical (unpaired) electrons. The minimum Gasteiger partial charge on any atom is -0.319 e. The number of aryl methyl sites for hydroxylation is 2. The third-order valence-corrected chi connectivity index (χ3v) is 6.66. The van der Waals surface area contributed by atoms with E-state index in [-0.39, 0.29) is 10.8 Å². The van der Waals surface area contributed by atoms with Crippen LogP contribution in [0, 0.1) is 20.8 Å². The predicted molar refractivity (Wildman–Crippen MR) is 129 cm³/mol. The van der Waals surface area contributed by atoms with E-state index in [1.54, 1.807) is 53.2 Å². The van der Waals surface area contributed by atoms with E-state index in [2.05, 4.69) is 15.1 Å². The third kappa shape index (κ3) is 4.80. The number of benzene rings is 3. The van der Waals surface area contributed by atoms with Crippen LogP contribution in [0.25, 0.3) is 5.69 Å². The van der Waals surface area contributed by atoms with E-state index >= 15 is 0 Å². The van der Waals surface area contributed by atoms with Crippen LogP contribution < -0.4 is 10.0 Å². The van der Waals surface area contributed by atoms with E-state index in [1.165, 1.54) is 0 Å². The monoisotopic (exact) mass is 460 g/mol. The van der Waals surface area contributed by atoms with E-state index in [0.717, 1.165) is 16.9 Å². The van der Waals surface area contributed by atoms with Crippen LogP contribution in [0.1, 0.15) is 27.3 Å². The second kappa shape index (κ2) is 8.91. The summed E-state index contributed by atoms with van der Waals surface area (Å²) in [4.78, 5) is 13.0. The molecule has 33 heavy (non-hydrogen) atoms. The number of rotatable bonds is 6. The Balaban J connectivity index is 1.49. The van der Waals surface area contributed by atoms with Gasteiger partial charge in [0.2, 0.25) is 0 Å². The highest BCUT2D eigenvalue weighted by atomic mass is 32.2. The van der Waals surface area contributed by atoms with Crippen molar-refractivity contribution in [1.29, 1.82) is 0 Å². The molecule has 4 aromatic rings. The number of para-hydroxylation sites is 1. The topological polar surface area (TPSA) is 93.1 Å². The number of aromatic nitrogens is 2. The first-order chi connectivity index (χ1) is 15.7. The second-order valence-electron chi connectivity index (χ2n) is 7.74. The Morgan fingerprint density at radius 1 is 0.848 bits per heavy atom. The van der Waals surface area contributed by atoms with Crippen LogP contribution in [0.5, 0.6) is 0 Å². The quantitative estimate of drug-likeness (QED) is 0.430. The Morgan fingerprint density at radius 3 is 2.12 bits per heavy atom. The van der Waals surface area contributed by atoms with E-state index in [9.17, 15) is 13.2 Å². The molecule has 3 aromatic carbocycles. The van der Waals surface area contributed by atoms with Crippen LogP contribution in [0.2, 0.25) is 0 Å². The Kier molecular flexibility index (Phi) is 6.02. The van der Waals surface area contributed by atoms with Gasteiger partial charge < -0.3 is 5.32 Å².